The molecule has 0 amide bonds. The van der Waals surface area contributed by atoms with Crippen LogP contribution in [0.5, 0.6) is 11.5 Å². The minimum Gasteiger partial charge on any atom is -0.509 e. The van der Waals surface area contributed by atoms with Crippen LogP contribution in [0.1, 0.15) is 180 Å². The van der Waals surface area contributed by atoms with Crippen molar-refractivity contribution in [3.05, 3.63) is 245 Å². The van der Waals surface area contributed by atoms with Crippen LogP contribution in [-0.4, -0.2) is 9.55 Å². The van der Waals surface area contributed by atoms with E-state index >= 15 is 0 Å². The largest absolute Gasteiger partial charge is 0.509 e. The van der Waals surface area contributed by atoms with Crippen molar-refractivity contribution < 1.29 is 25.8 Å². The molecule has 434 valence electrons. The van der Waals surface area contributed by atoms with E-state index in [9.17, 15) is 0 Å². The second-order valence-electron chi connectivity index (χ2n) is 28.0. The first kappa shape index (κ1) is 59.9. The van der Waals surface area contributed by atoms with Crippen molar-refractivity contribution in [3.8, 4) is 28.4 Å². The Balaban J connectivity index is 0.00000786. The number of rotatable bonds is 12. The summed E-state index contributed by atoms with van der Waals surface area (Å²) in [6, 6.07) is 70.6. The monoisotopic (exact) mass is 1290 g/mol. The Morgan fingerprint density at radius 2 is 1.04 bits per heavy atom. The Morgan fingerprint density at radius 1 is 0.452 bits per heavy atom. The van der Waals surface area contributed by atoms with Crippen molar-refractivity contribution in [2.24, 2.45) is 0 Å². The third-order valence-electron chi connectivity index (χ3n) is 17.5. The van der Waals surface area contributed by atoms with Crippen LogP contribution in [0.15, 0.2) is 176 Å². The molecule has 0 spiro atoms. The van der Waals surface area contributed by atoms with Crippen LogP contribution in [0.3, 0.4) is 0 Å². The average Bonchev–Trinajstić information content (AvgIpc) is 3.79. The summed E-state index contributed by atoms with van der Waals surface area (Å²) >= 11 is 0. The van der Waals surface area contributed by atoms with Crippen LogP contribution in [0.4, 0.5) is 22.7 Å². The third-order valence-corrected chi connectivity index (χ3v) is 17.5. The molecule has 11 rings (SSSR count). The molecule has 0 bridgehead atoms. The molecule has 84 heavy (non-hydrogen) atoms. The van der Waals surface area contributed by atoms with Gasteiger partial charge in [0.2, 0.25) is 0 Å². The topological polar surface area (TPSA) is 33.5 Å². The van der Waals surface area contributed by atoms with Gasteiger partial charge in [0.15, 0.2) is 0 Å². The number of anilines is 4. The van der Waals surface area contributed by atoms with Gasteiger partial charge < -0.3 is 19.1 Å². The summed E-state index contributed by atoms with van der Waals surface area (Å²) in [4.78, 5) is 9.80. The van der Waals surface area contributed by atoms with Crippen LogP contribution >= 0.6 is 0 Å². The first-order chi connectivity index (χ1) is 39.2. The fourth-order valence-corrected chi connectivity index (χ4v) is 12.1. The molecule has 2 aromatic heterocycles. The van der Waals surface area contributed by atoms with Crippen molar-refractivity contribution in [2.45, 2.75) is 157 Å². The van der Waals surface area contributed by atoms with Crippen LogP contribution in [0.25, 0.3) is 38.8 Å². The molecular formula is C78H83N4OPt-3. The second kappa shape index (κ2) is 22.3. The summed E-state index contributed by atoms with van der Waals surface area (Å²) in [6.07, 6.45) is 1.94. The number of hydrogen-bond acceptors (Lipinski definition) is 4. The maximum absolute atomic E-state index is 7.28. The zero-order valence-electron chi connectivity index (χ0n) is 52.5. The smallest absolute Gasteiger partial charge is 0.135 e. The van der Waals surface area contributed by atoms with E-state index < -0.39 is 0 Å². The van der Waals surface area contributed by atoms with E-state index in [0.717, 1.165) is 55.9 Å². The number of nitrogens with zero attached hydrogens (tertiary/aromatic N) is 4. The summed E-state index contributed by atoms with van der Waals surface area (Å²) < 4.78 is 9.54. The van der Waals surface area contributed by atoms with Gasteiger partial charge in [0.1, 0.15) is 5.82 Å². The number of aromatic nitrogens is 2. The van der Waals surface area contributed by atoms with E-state index in [1.54, 1.807) is 0 Å². The molecule has 1 aliphatic heterocycles. The summed E-state index contributed by atoms with van der Waals surface area (Å²) in [7, 11) is 0. The minimum atomic E-state index is -0.258. The number of benzene rings is 8. The van der Waals surface area contributed by atoms with E-state index in [-0.39, 0.29) is 60.0 Å². The Labute approximate surface area is 516 Å². The van der Waals surface area contributed by atoms with E-state index in [4.69, 9.17) is 9.72 Å². The van der Waals surface area contributed by atoms with Gasteiger partial charge in [0.05, 0.1) is 0 Å². The Hall–Kier alpha value is -7.20. The van der Waals surface area contributed by atoms with Crippen LogP contribution < -0.4 is 14.5 Å². The van der Waals surface area contributed by atoms with Gasteiger partial charge in [0.25, 0.3) is 0 Å². The van der Waals surface area contributed by atoms with Gasteiger partial charge in [0, 0.05) is 72.2 Å². The number of fused-ring (bicyclic) bond motifs is 4. The number of hydrogen-bond donors (Lipinski definition) is 0. The zero-order chi connectivity index (χ0) is 59.1. The Kier molecular flexibility index (Phi) is 15.9. The van der Waals surface area contributed by atoms with E-state index in [1.165, 1.54) is 55.6 Å². The Bertz CT molecular complexity index is 4020. The molecule has 0 radical (unpaired) electrons. The summed E-state index contributed by atoms with van der Waals surface area (Å²) in [5, 5.41) is 2.22. The van der Waals surface area contributed by atoms with Crippen molar-refractivity contribution >= 4 is 44.6 Å². The van der Waals surface area contributed by atoms with E-state index in [0.29, 0.717) is 11.5 Å². The van der Waals surface area contributed by atoms with Crippen LogP contribution in [-0.2, 0) is 48.1 Å². The van der Waals surface area contributed by atoms with Gasteiger partial charge in [-0.15, -0.1) is 53.6 Å². The predicted molar refractivity (Wildman–Crippen MR) is 351 cm³/mol. The van der Waals surface area contributed by atoms with Crippen LogP contribution in [0, 0.1) is 18.8 Å². The van der Waals surface area contributed by atoms with Gasteiger partial charge in [-0.1, -0.05) is 226 Å². The second-order valence-corrected chi connectivity index (χ2v) is 28.0. The molecule has 8 aromatic carbocycles. The van der Waals surface area contributed by atoms with Crippen molar-refractivity contribution in [3.63, 3.8) is 0 Å². The molecule has 10 aromatic rings. The first-order valence-electron chi connectivity index (χ1n) is 29.9. The van der Waals surface area contributed by atoms with Gasteiger partial charge >= 0.3 is 0 Å². The standard InChI is InChI=1S/C78H83N4O.Pt/c1-50(2)64-29-24-30-65(51(3)4)73(64)52-39-60(81-49-80(69-36-31-55(45-71(69)81)74(5,6)7)61-42-58(76(11,12)13)41-59(43-61)78(16,17)54-27-22-19-23-28-54)47-63(40-52)83-62-33-34-66-67-44-57(77(14,15)53-25-20-18-21-26-53)32-35-68(67)82(70(66)48-62)72-46-56(37-38-79-72)75(8,9)10;/h18-46,49-51H,1-17H3;/q-3;. The van der Waals surface area contributed by atoms with Gasteiger partial charge in [-0.05, 0) is 132 Å². The fraction of sp³-hybridized carbons (Fsp3) is 0.308. The molecule has 0 atom stereocenters. The maximum Gasteiger partial charge on any atom is 0.135 e. The van der Waals surface area contributed by atoms with E-state index in [1.807, 2.05) is 6.20 Å². The molecule has 0 saturated heterocycles. The van der Waals surface area contributed by atoms with Crippen molar-refractivity contribution in [2.75, 3.05) is 9.80 Å². The van der Waals surface area contributed by atoms with Gasteiger partial charge in [-0.25, -0.2) is 4.98 Å². The minimum absolute atomic E-state index is 0. The van der Waals surface area contributed by atoms with Crippen molar-refractivity contribution in [1.29, 1.82) is 0 Å². The molecule has 1 aliphatic rings. The fourth-order valence-electron chi connectivity index (χ4n) is 12.1. The van der Waals surface area contributed by atoms with Crippen molar-refractivity contribution in [1.82, 2.24) is 9.55 Å². The molecule has 0 aliphatic carbocycles. The molecule has 3 heterocycles. The van der Waals surface area contributed by atoms with Gasteiger partial charge in [-0.2, -0.15) is 6.07 Å². The first-order valence-corrected chi connectivity index (χ1v) is 29.9. The average molecular weight is 1290 g/mol. The molecular weight excluding hydrogens is 1200 g/mol. The van der Waals surface area contributed by atoms with Crippen LogP contribution in [0.2, 0.25) is 0 Å². The quantitative estimate of drug-likeness (QED) is 0.114. The Morgan fingerprint density at radius 3 is 1.64 bits per heavy atom. The summed E-state index contributed by atoms with van der Waals surface area (Å²) in [5.41, 5.74) is 19.1. The normalized spacial score (nSPS) is 13.3. The molecule has 0 N–H and O–H groups in total. The summed E-state index contributed by atoms with van der Waals surface area (Å²) in [5.74, 6) is 2.58. The molecule has 6 heteroatoms. The number of ether oxygens (including phenoxy) is 1. The SMILES string of the molecule is CC(C)c1cccc(C(C)C)c1-c1cc(Oc2[c-]c3c(cc2)c2cc(C(C)(C)c4ccccc4)ccc2n3-c2cc(C(C)(C)C)ccn2)[c-]c(N2[CH-]N(c3cc(C(C)(C)C)cc(C(C)(C)c4ccccc4)c3)c3ccc(C(C)(C)C)cc32)c1.[Pt]. The molecule has 5 nitrogen and oxygen atoms in total. The molecule has 0 unspecified atom stereocenters. The third kappa shape index (κ3) is 11.3. The predicted octanol–water partition coefficient (Wildman–Crippen LogP) is 21.4. The summed E-state index contributed by atoms with van der Waals surface area (Å²) in [6.45, 7) is 41.4. The number of pyridine rings is 1. The maximum atomic E-state index is 7.28. The van der Waals surface area contributed by atoms with E-state index in [2.05, 4.69) is 321 Å². The molecule has 0 saturated carbocycles. The zero-order valence-corrected chi connectivity index (χ0v) is 54.8. The van der Waals surface area contributed by atoms with Gasteiger partial charge in [-0.3, -0.25) is 0 Å². The molecule has 0 fully saturated rings.